The van der Waals surface area contributed by atoms with Crippen LogP contribution < -0.4 is 0 Å². The van der Waals surface area contributed by atoms with Crippen LogP contribution in [0.4, 0.5) is 0 Å². The Bertz CT molecular complexity index is 7750. The molecule has 0 spiro atoms. The highest BCUT2D eigenvalue weighted by atomic mass is 14.7. The summed E-state index contributed by atoms with van der Waals surface area (Å²) in [5.74, 6) is 0. The van der Waals surface area contributed by atoms with Crippen molar-refractivity contribution >= 4 is 97.0 Å². The van der Waals surface area contributed by atoms with Crippen molar-refractivity contribution in [2.24, 2.45) is 0 Å². The van der Waals surface area contributed by atoms with E-state index in [4.69, 9.17) is 9.97 Å². The van der Waals surface area contributed by atoms with Gasteiger partial charge < -0.3 is 0 Å². The number of nitrogens with zero attached hydrogens (tertiary/aromatic N) is 3. The Hall–Kier alpha value is -15.0. The molecule has 544 valence electrons. The monoisotopic (exact) mass is 1480 g/mol. The zero-order valence-corrected chi connectivity index (χ0v) is 64.1. The first-order valence-corrected chi connectivity index (χ1v) is 40.6. The Morgan fingerprint density at radius 3 is 0.949 bits per heavy atom. The van der Waals surface area contributed by atoms with Gasteiger partial charge in [0.25, 0.3) is 0 Å². The van der Waals surface area contributed by atoms with Gasteiger partial charge in [-0.2, -0.15) is 0 Å². The van der Waals surface area contributed by atoms with Crippen molar-refractivity contribution in [2.45, 2.75) is 19.3 Å². The lowest BCUT2D eigenvalue weighted by molar-refractivity contribution is 1.24. The average Bonchev–Trinajstić information content (AvgIpc) is 1.25. The Labute approximate surface area is 678 Å². The van der Waals surface area contributed by atoms with Crippen LogP contribution in [0, 0.1) is 0 Å². The summed E-state index contributed by atoms with van der Waals surface area (Å²) in [6, 6.07) is 142. The average molecular weight is 1480 g/mol. The number of aromatic nitrogens is 3. The maximum atomic E-state index is 4.83. The summed E-state index contributed by atoms with van der Waals surface area (Å²) in [6.45, 7) is 0. The van der Waals surface area contributed by atoms with Crippen LogP contribution in [-0.2, 0) is 19.3 Å². The normalized spacial score (nSPS) is 12.2. The van der Waals surface area contributed by atoms with Gasteiger partial charge in [-0.3, -0.25) is 15.0 Å². The van der Waals surface area contributed by atoms with Crippen molar-refractivity contribution in [3.05, 3.63) is 440 Å². The minimum atomic E-state index is 0.910. The Morgan fingerprint density at radius 1 is 0.137 bits per heavy atom. The van der Waals surface area contributed by atoms with E-state index in [0.717, 1.165) is 41.9 Å². The maximum Gasteiger partial charge on any atom is 0.0711 e. The molecule has 0 saturated carbocycles. The highest BCUT2D eigenvalue weighted by Crippen LogP contribution is 2.49. The summed E-state index contributed by atoms with van der Waals surface area (Å²) in [6.07, 6.45) is 8.66. The molecular formula is C114H73N3. The molecule has 0 bridgehead atoms. The number of fused-ring (bicyclic) bond motifs is 27. The van der Waals surface area contributed by atoms with Crippen LogP contribution in [0.25, 0.3) is 209 Å². The zero-order chi connectivity index (χ0) is 77.0. The van der Waals surface area contributed by atoms with Crippen LogP contribution in [0.15, 0.2) is 407 Å². The molecule has 0 aliphatic heterocycles. The van der Waals surface area contributed by atoms with Gasteiger partial charge in [0.2, 0.25) is 0 Å². The first-order chi connectivity index (χ1) is 58.0. The van der Waals surface area contributed by atoms with Gasteiger partial charge in [0.05, 0.1) is 17.1 Å². The van der Waals surface area contributed by atoms with Gasteiger partial charge in [-0.25, -0.2) is 0 Å². The van der Waals surface area contributed by atoms with Gasteiger partial charge in [-0.1, -0.05) is 322 Å². The number of hydrogen-bond acceptors (Lipinski definition) is 3. The first-order valence-electron chi connectivity index (χ1n) is 40.6. The molecule has 0 unspecified atom stereocenters. The van der Waals surface area contributed by atoms with Crippen molar-refractivity contribution < 1.29 is 0 Å². The van der Waals surface area contributed by atoms with Gasteiger partial charge in [-0.15, -0.1) is 0 Å². The van der Waals surface area contributed by atoms with E-state index in [2.05, 4.69) is 387 Å². The number of pyridine rings is 3. The predicted octanol–water partition coefficient (Wildman–Crippen LogP) is 30.0. The molecule has 3 heterocycles. The molecule has 117 heavy (non-hydrogen) atoms. The fourth-order valence-electron chi connectivity index (χ4n) is 19.6. The van der Waals surface area contributed by atoms with Crippen molar-refractivity contribution in [3.8, 4) is 112 Å². The standard InChI is InChI=1S/C42H27N.2C36H23N/c1-2-14-33-31(12-1)32-13-3-4-15-34(32)39-25-28(21-22-37(33)39)27-10-7-11-29(24-27)30-16-8-17-35-36-18-9-19-38(41(36)26-40(30)35)42-20-5-6-23-43-42;1-2-9-26-25(8-1)21-35-27(26)14-7-15-33(35)36-22-24(18-19-37-36)23-16-17-32-30-12-4-3-10-28(30)29-11-5-6-13-31(29)34(32)20-23;1-2-8-28-25(7-1)19-26-13-14-27(21-34(26)28)36-22-24(17-18-37-36)23-15-16-33-31-11-4-3-9-29(31)30-10-5-6-12-32(30)35(33)20-23/h1-25H,26H2;1-20,22H,21H2;1-18,20-22H,19H2. The van der Waals surface area contributed by atoms with E-state index in [1.165, 1.54) is 219 Å². The van der Waals surface area contributed by atoms with Crippen LogP contribution in [0.5, 0.6) is 0 Å². The molecule has 0 fully saturated rings. The number of rotatable bonds is 7. The second-order valence-electron chi connectivity index (χ2n) is 31.4. The molecule has 3 heteroatoms. The van der Waals surface area contributed by atoms with Gasteiger partial charge in [-0.05, 0) is 294 Å². The Kier molecular flexibility index (Phi) is 16.2. The number of hydrogen-bond donors (Lipinski definition) is 0. The molecule has 3 aliphatic rings. The molecular weight excluding hydrogens is 1410 g/mol. The lowest BCUT2D eigenvalue weighted by atomic mass is 9.90. The molecule has 19 aromatic carbocycles. The van der Waals surface area contributed by atoms with E-state index in [9.17, 15) is 0 Å². The minimum absolute atomic E-state index is 0.910. The quantitative estimate of drug-likeness (QED) is 0.149. The largest absolute Gasteiger partial charge is 0.256 e. The van der Waals surface area contributed by atoms with Crippen LogP contribution >= 0.6 is 0 Å². The van der Waals surface area contributed by atoms with E-state index >= 15 is 0 Å². The van der Waals surface area contributed by atoms with Gasteiger partial charge in [0.1, 0.15) is 0 Å². The smallest absolute Gasteiger partial charge is 0.0711 e. The third-order valence-corrected chi connectivity index (χ3v) is 25.1. The third-order valence-electron chi connectivity index (χ3n) is 25.1. The Morgan fingerprint density at radius 2 is 0.453 bits per heavy atom. The molecule has 0 saturated heterocycles. The van der Waals surface area contributed by atoms with E-state index in [-0.39, 0.29) is 0 Å². The Balaban J connectivity index is 0.000000104. The molecule has 3 aromatic heterocycles. The summed E-state index contributed by atoms with van der Waals surface area (Å²) in [4.78, 5) is 14.3. The van der Waals surface area contributed by atoms with Crippen molar-refractivity contribution in [1.82, 2.24) is 15.0 Å². The second-order valence-corrected chi connectivity index (χ2v) is 31.4. The first kappa shape index (κ1) is 67.6. The van der Waals surface area contributed by atoms with Crippen molar-refractivity contribution in [1.29, 1.82) is 0 Å². The fraction of sp³-hybridized carbons (Fsp3) is 0.0263. The van der Waals surface area contributed by atoms with Crippen LogP contribution in [0.3, 0.4) is 0 Å². The lowest BCUT2D eigenvalue weighted by Crippen LogP contribution is -1.91. The molecule has 3 aliphatic carbocycles. The van der Waals surface area contributed by atoms with Gasteiger partial charge in [0, 0.05) is 35.3 Å². The molecule has 0 atom stereocenters. The van der Waals surface area contributed by atoms with Crippen molar-refractivity contribution in [3.63, 3.8) is 0 Å². The molecule has 0 radical (unpaired) electrons. The second kappa shape index (κ2) is 28.0. The SMILES string of the molecule is c1ccc(-c2cccc3c2Cc2c(-c4cccc(-c5ccc6c7ccccc7c7ccccc7c6c5)c4)cccc2-3)nc1.c1ccc2c(c1)Cc1c(-c3cc(-c4ccc5c6ccccc6c6ccccc6c5c4)ccn3)cccc1-2.c1ccc2c(c1)Cc1ccc(-c3cc(-c4ccc5c6ccccc6c6ccccc6c5c4)ccn3)cc1-2. The lowest BCUT2D eigenvalue weighted by Gasteiger charge is -2.13. The van der Waals surface area contributed by atoms with Gasteiger partial charge in [0.15, 0.2) is 0 Å². The van der Waals surface area contributed by atoms with E-state index in [1.54, 1.807) is 0 Å². The molecule has 0 N–H and O–H groups in total. The number of benzene rings is 19. The van der Waals surface area contributed by atoms with Crippen LogP contribution in [0.2, 0.25) is 0 Å². The van der Waals surface area contributed by atoms with Crippen LogP contribution in [0.1, 0.15) is 33.4 Å². The summed E-state index contributed by atoms with van der Waals surface area (Å²) >= 11 is 0. The molecule has 0 amide bonds. The topological polar surface area (TPSA) is 38.7 Å². The zero-order valence-electron chi connectivity index (χ0n) is 64.1. The molecule has 25 rings (SSSR count). The maximum absolute atomic E-state index is 4.83. The summed E-state index contributed by atoms with van der Waals surface area (Å²) in [7, 11) is 0. The van der Waals surface area contributed by atoms with Crippen molar-refractivity contribution in [2.75, 3.05) is 0 Å². The summed E-state index contributed by atoms with van der Waals surface area (Å²) in [5.41, 5.74) is 32.9. The van der Waals surface area contributed by atoms with E-state index < -0.39 is 0 Å². The van der Waals surface area contributed by atoms with Gasteiger partial charge >= 0.3 is 0 Å². The minimum Gasteiger partial charge on any atom is -0.256 e. The summed E-state index contributed by atoms with van der Waals surface area (Å²) in [5, 5.41) is 23.4. The fourth-order valence-corrected chi connectivity index (χ4v) is 19.6. The predicted molar refractivity (Wildman–Crippen MR) is 493 cm³/mol. The van der Waals surface area contributed by atoms with E-state index in [1.807, 2.05) is 24.7 Å². The highest BCUT2D eigenvalue weighted by Gasteiger charge is 2.27. The highest BCUT2D eigenvalue weighted by molar-refractivity contribution is 6.28. The third kappa shape index (κ3) is 11.5. The molecule has 3 nitrogen and oxygen atoms in total. The van der Waals surface area contributed by atoms with E-state index in [0.29, 0.717) is 0 Å². The van der Waals surface area contributed by atoms with Crippen LogP contribution in [-0.4, -0.2) is 15.0 Å². The summed E-state index contributed by atoms with van der Waals surface area (Å²) < 4.78 is 0. The molecule has 22 aromatic rings.